The molecule has 1 saturated carbocycles. The van der Waals surface area contributed by atoms with Gasteiger partial charge in [0.25, 0.3) is 0 Å². The van der Waals surface area contributed by atoms with Crippen molar-refractivity contribution < 1.29 is 14.3 Å². The number of rotatable bonds is 2. The molecule has 88 valence electrons. The van der Waals surface area contributed by atoms with Crippen LogP contribution in [0.2, 0.25) is 0 Å². The molecule has 3 heteroatoms. The number of ether oxygens (including phenoxy) is 2. The SMILES string of the molecule is COC12C=CCC=C1CCCC2OC(C)=O. The van der Waals surface area contributed by atoms with Crippen molar-refractivity contribution in [2.24, 2.45) is 0 Å². The number of esters is 1. The van der Waals surface area contributed by atoms with Gasteiger partial charge in [0.1, 0.15) is 11.7 Å². The van der Waals surface area contributed by atoms with E-state index in [0.717, 1.165) is 25.7 Å². The van der Waals surface area contributed by atoms with Crippen LogP contribution in [0.1, 0.15) is 32.6 Å². The fourth-order valence-electron chi connectivity index (χ4n) is 2.70. The lowest BCUT2D eigenvalue weighted by Crippen LogP contribution is -2.49. The Bertz CT molecular complexity index is 343. The third-order valence-electron chi connectivity index (χ3n) is 3.40. The minimum atomic E-state index is -0.498. The first-order chi connectivity index (χ1) is 7.69. The average Bonchev–Trinajstić information content (AvgIpc) is 2.29. The summed E-state index contributed by atoms with van der Waals surface area (Å²) in [4.78, 5) is 11.1. The second-order valence-corrected chi connectivity index (χ2v) is 4.35. The summed E-state index contributed by atoms with van der Waals surface area (Å²) in [5, 5.41) is 0. The molecule has 16 heavy (non-hydrogen) atoms. The van der Waals surface area contributed by atoms with Crippen LogP contribution in [0.25, 0.3) is 0 Å². The van der Waals surface area contributed by atoms with E-state index in [0.29, 0.717) is 0 Å². The molecule has 0 radical (unpaired) electrons. The Morgan fingerprint density at radius 1 is 1.56 bits per heavy atom. The maximum absolute atomic E-state index is 11.1. The van der Waals surface area contributed by atoms with Gasteiger partial charge in [-0.25, -0.2) is 0 Å². The number of allylic oxidation sites excluding steroid dienone is 2. The highest BCUT2D eigenvalue weighted by atomic mass is 16.6. The molecule has 0 aliphatic heterocycles. The fourth-order valence-corrected chi connectivity index (χ4v) is 2.70. The topological polar surface area (TPSA) is 35.5 Å². The highest BCUT2D eigenvalue weighted by molar-refractivity contribution is 5.66. The zero-order chi connectivity index (χ0) is 11.6. The summed E-state index contributed by atoms with van der Waals surface area (Å²) in [7, 11) is 1.69. The van der Waals surface area contributed by atoms with Gasteiger partial charge in [-0.3, -0.25) is 4.79 Å². The lowest BCUT2D eigenvalue weighted by atomic mass is 9.75. The molecule has 0 heterocycles. The Morgan fingerprint density at radius 2 is 2.38 bits per heavy atom. The Morgan fingerprint density at radius 3 is 3.06 bits per heavy atom. The molecular formula is C13H18O3. The Balaban J connectivity index is 2.29. The molecule has 2 unspecified atom stereocenters. The van der Waals surface area contributed by atoms with E-state index >= 15 is 0 Å². The van der Waals surface area contributed by atoms with Gasteiger partial charge in [0, 0.05) is 14.0 Å². The van der Waals surface area contributed by atoms with Crippen molar-refractivity contribution in [2.75, 3.05) is 7.11 Å². The van der Waals surface area contributed by atoms with E-state index in [9.17, 15) is 4.79 Å². The predicted octanol–water partition coefficient (Wildman–Crippen LogP) is 2.37. The zero-order valence-corrected chi connectivity index (χ0v) is 9.86. The van der Waals surface area contributed by atoms with E-state index in [2.05, 4.69) is 18.2 Å². The minimum absolute atomic E-state index is 0.174. The van der Waals surface area contributed by atoms with Crippen LogP contribution in [0.3, 0.4) is 0 Å². The highest BCUT2D eigenvalue weighted by Gasteiger charge is 2.45. The van der Waals surface area contributed by atoms with E-state index < -0.39 is 5.60 Å². The van der Waals surface area contributed by atoms with Gasteiger partial charge in [-0.15, -0.1) is 0 Å². The number of hydrogen-bond acceptors (Lipinski definition) is 3. The molecular weight excluding hydrogens is 204 g/mol. The van der Waals surface area contributed by atoms with Gasteiger partial charge in [0.05, 0.1) is 0 Å². The van der Waals surface area contributed by atoms with Gasteiger partial charge < -0.3 is 9.47 Å². The molecule has 0 N–H and O–H groups in total. The quantitative estimate of drug-likeness (QED) is 0.531. The standard InChI is InChI=1S/C13H18O3/c1-10(14)16-12-8-5-7-11-6-3-4-9-13(11,12)15-2/h4,6,9,12H,3,5,7-8H2,1-2H3. The Kier molecular flexibility index (Phi) is 3.15. The first-order valence-electron chi connectivity index (χ1n) is 5.78. The molecule has 0 aromatic heterocycles. The van der Waals surface area contributed by atoms with Gasteiger partial charge in [0.15, 0.2) is 0 Å². The van der Waals surface area contributed by atoms with Gasteiger partial charge >= 0.3 is 5.97 Å². The summed E-state index contributed by atoms with van der Waals surface area (Å²) in [6, 6.07) is 0. The van der Waals surface area contributed by atoms with Crippen LogP contribution in [0.4, 0.5) is 0 Å². The van der Waals surface area contributed by atoms with Crippen molar-refractivity contribution in [1.82, 2.24) is 0 Å². The second kappa shape index (κ2) is 4.42. The molecule has 0 aromatic carbocycles. The predicted molar refractivity (Wildman–Crippen MR) is 61.0 cm³/mol. The van der Waals surface area contributed by atoms with Crippen molar-refractivity contribution in [1.29, 1.82) is 0 Å². The highest BCUT2D eigenvalue weighted by Crippen LogP contribution is 2.41. The maximum Gasteiger partial charge on any atom is 0.303 e. The zero-order valence-electron chi connectivity index (χ0n) is 9.86. The van der Waals surface area contributed by atoms with Crippen LogP contribution < -0.4 is 0 Å². The van der Waals surface area contributed by atoms with E-state index in [1.165, 1.54) is 12.5 Å². The fraction of sp³-hybridized carbons (Fsp3) is 0.615. The summed E-state index contributed by atoms with van der Waals surface area (Å²) in [6.45, 7) is 1.45. The van der Waals surface area contributed by atoms with E-state index in [1.807, 2.05) is 0 Å². The van der Waals surface area contributed by atoms with Crippen LogP contribution in [0.15, 0.2) is 23.8 Å². The molecule has 0 spiro atoms. The lowest BCUT2D eigenvalue weighted by Gasteiger charge is -2.43. The van der Waals surface area contributed by atoms with E-state index in [4.69, 9.17) is 9.47 Å². The van der Waals surface area contributed by atoms with Crippen molar-refractivity contribution >= 4 is 5.97 Å². The average molecular weight is 222 g/mol. The Labute approximate surface area is 96.1 Å². The number of carbonyl (C=O) groups is 1. The molecule has 0 saturated heterocycles. The van der Waals surface area contributed by atoms with Crippen LogP contribution in [-0.2, 0) is 14.3 Å². The van der Waals surface area contributed by atoms with Crippen LogP contribution in [-0.4, -0.2) is 24.8 Å². The van der Waals surface area contributed by atoms with Gasteiger partial charge in [0.2, 0.25) is 0 Å². The minimum Gasteiger partial charge on any atom is -0.459 e. The van der Waals surface area contributed by atoms with Crippen molar-refractivity contribution in [3.05, 3.63) is 23.8 Å². The van der Waals surface area contributed by atoms with Crippen LogP contribution >= 0.6 is 0 Å². The summed E-state index contributed by atoms with van der Waals surface area (Å²) < 4.78 is 11.1. The van der Waals surface area contributed by atoms with E-state index in [1.54, 1.807) is 7.11 Å². The number of methoxy groups -OCH3 is 1. The van der Waals surface area contributed by atoms with Crippen LogP contribution in [0.5, 0.6) is 0 Å². The largest absolute Gasteiger partial charge is 0.459 e. The van der Waals surface area contributed by atoms with Gasteiger partial charge in [-0.1, -0.05) is 12.2 Å². The molecule has 0 amide bonds. The van der Waals surface area contributed by atoms with Gasteiger partial charge in [-0.2, -0.15) is 0 Å². The smallest absolute Gasteiger partial charge is 0.303 e. The number of hydrogen-bond donors (Lipinski definition) is 0. The Hall–Kier alpha value is -1.09. The summed E-state index contributed by atoms with van der Waals surface area (Å²) in [5.41, 5.74) is 0.761. The molecule has 2 aliphatic rings. The second-order valence-electron chi connectivity index (χ2n) is 4.35. The lowest BCUT2D eigenvalue weighted by molar-refractivity contribution is -0.160. The molecule has 2 atom stereocenters. The van der Waals surface area contributed by atoms with Crippen molar-refractivity contribution in [3.63, 3.8) is 0 Å². The molecule has 2 aliphatic carbocycles. The molecule has 3 nitrogen and oxygen atoms in total. The van der Waals surface area contributed by atoms with Gasteiger partial charge in [-0.05, 0) is 37.3 Å². The summed E-state index contributed by atoms with van der Waals surface area (Å²) in [6.07, 6.45) is 10.1. The summed E-state index contributed by atoms with van der Waals surface area (Å²) >= 11 is 0. The first kappa shape index (κ1) is 11.4. The third kappa shape index (κ3) is 1.80. The maximum atomic E-state index is 11.1. The third-order valence-corrected chi connectivity index (χ3v) is 3.40. The number of fused-ring (bicyclic) bond motifs is 1. The number of carbonyl (C=O) groups excluding carboxylic acids is 1. The molecule has 0 aromatic rings. The monoisotopic (exact) mass is 222 g/mol. The molecule has 0 bridgehead atoms. The molecule has 2 rings (SSSR count). The van der Waals surface area contributed by atoms with Crippen LogP contribution in [0, 0.1) is 0 Å². The van der Waals surface area contributed by atoms with Crippen molar-refractivity contribution in [2.45, 2.75) is 44.3 Å². The molecule has 1 fully saturated rings. The summed E-state index contributed by atoms with van der Waals surface area (Å²) in [5.74, 6) is -0.235. The first-order valence-corrected chi connectivity index (χ1v) is 5.78. The normalized spacial score (nSPS) is 32.9. The van der Waals surface area contributed by atoms with E-state index in [-0.39, 0.29) is 12.1 Å². The van der Waals surface area contributed by atoms with Crippen molar-refractivity contribution in [3.8, 4) is 0 Å².